The molecule has 2 aromatic rings. The average molecular weight is 455 g/mol. The van der Waals surface area contributed by atoms with Gasteiger partial charge in [-0.05, 0) is 45.2 Å². The van der Waals surface area contributed by atoms with Crippen molar-refractivity contribution in [2.24, 2.45) is 0 Å². The van der Waals surface area contributed by atoms with Crippen LogP contribution in [-0.2, 0) is 11.2 Å². The molecule has 170 valence electrons. The lowest BCUT2D eigenvalue weighted by Crippen LogP contribution is -2.54. The number of amides is 2. The first-order valence-corrected chi connectivity index (χ1v) is 11.8. The molecule has 1 fully saturated rings. The van der Waals surface area contributed by atoms with E-state index in [1.807, 2.05) is 51.1 Å². The second kappa shape index (κ2) is 8.70. The van der Waals surface area contributed by atoms with Crippen molar-refractivity contribution in [2.45, 2.75) is 55.8 Å². The number of carbonyl (C=O) groups is 2. The number of hydrogen-bond acceptors (Lipinski definition) is 5. The van der Waals surface area contributed by atoms with Crippen molar-refractivity contribution >= 4 is 23.6 Å². The number of hydrogen-bond donors (Lipinski definition) is 1. The molecule has 0 unspecified atom stereocenters. The molecule has 2 heterocycles. The zero-order chi connectivity index (χ0) is 23.0. The van der Waals surface area contributed by atoms with Gasteiger partial charge >= 0.3 is 0 Å². The van der Waals surface area contributed by atoms with Crippen molar-refractivity contribution in [3.05, 3.63) is 59.2 Å². The van der Waals surface area contributed by atoms with E-state index in [0.29, 0.717) is 17.1 Å². The third-order valence-corrected chi connectivity index (χ3v) is 7.78. The maximum atomic E-state index is 13.5. The second-order valence-electron chi connectivity index (χ2n) is 8.89. The van der Waals surface area contributed by atoms with Crippen LogP contribution in [0.5, 0.6) is 11.5 Å². The summed E-state index contributed by atoms with van der Waals surface area (Å²) in [6.07, 6.45) is 1.72. The monoisotopic (exact) mass is 454 g/mol. The molecule has 3 atom stereocenters. The minimum absolute atomic E-state index is 0.00253. The van der Waals surface area contributed by atoms with Crippen molar-refractivity contribution < 1.29 is 19.1 Å². The van der Waals surface area contributed by atoms with Crippen LogP contribution in [0.3, 0.4) is 0 Å². The van der Waals surface area contributed by atoms with Gasteiger partial charge in [0.05, 0.1) is 19.8 Å². The number of rotatable bonds is 7. The van der Waals surface area contributed by atoms with Gasteiger partial charge in [0.1, 0.15) is 11.4 Å². The fourth-order valence-electron chi connectivity index (χ4n) is 4.68. The average Bonchev–Trinajstić information content (AvgIpc) is 3.21. The highest BCUT2D eigenvalue weighted by Crippen LogP contribution is 2.58. The lowest BCUT2D eigenvalue weighted by atomic mass is 9.99. The Balaban J connectivity index is 1.54. The van der Waals surface area contributed by atoms with Crippen LogP contribution in [0.4, 0.5) is 0 Å². The van der Waals surface area contributed by atoms with Crippen molar-refractivity contribution in [2.75, 3.05) is 14.2 Å². The normalized spacial score (nSPS) is 21.7. The molecule has 6 nitrogen and oxygen atoms in total. The molecule has 0 spiro atoms. The Bertz CT molecular complexity index is 1020. The SMILES string of the molecule is COc1ccc2c(c1OC)C(=O)N1[C@@H](C(=O)N[C@@H](C)CCc3ccccc3)C(C)(C)S[C@@H]21. The first kappa shape index (κ1) is 22.5. The Morgan fingerprint density at radius 2 is 1.88 bits per heavy atom. The molecule has 0 bridgehead atoms. The smallest absolute Gasteiger partial charge is 0.260 e. The molecule has 2 aromatic carbocycles. The summed E-state index contributed by atoms with van der Waals surface area (Å²) >= 11 is 1.64. The third-order valence-electron chi connectivity index (χ3n) is 6.24. The largest absolute Gasteiger partial charge is 0.493 e. The van der Waals surface area contributed by atoms with Crippen molar-refractivity contribution in [1.29, 1.82) is 0 Å². The van der Waals surface area contributed by atoms with Crippen molar-refractivity contribution in [3.63, 3.8) is 0 Å². The molecule has 2 amide bonds. The molecule has 0 radical (unpaired) electrons. The number of thioether (sulfide) groups is 1. The first-order valence-electron chi connectivity index (χ1n) is 10.9. The zero-order valence-corrected chi connectivity index (χ0v) is 20.0. The van der Waals surface area contributed by atoms with Crippen molar-refractivity contribution in [3.8, 4) is 11.5 Å². The number of nitrogens with zero attached hydrogens (tertiary/aromatic N) is 1. The molecule has 1 saturated heterocycles. The van der Waals surface area contributed by atoms with Gasteiger partial charge in [-0.3, -0.25) is 9.59 Å². The number of benzene rings is 2. The Labute approximate surface area is 193 Å². The predicted molar refractivity (Wildman–Crippen MR) is 126 cm³/mol. The van der Waals surface area contributed by atoms with Crippen LogP contribution in [0, 0.1) is 0 Å². The van der Waals surface area contributed by atoms with Gasteiger partial charge in [0.25, 0.3) is 5.91 Å². The van der Waals surface area contributed by atoms with Gasteiger partial charge in [0.2, 0.25) is 5.91 Å². The fraction of sp³-hybridized carbons (Fsp3) is 0.440. The minimum atomic E-state index is -0.577. The highest BCUT2D eigenvalue weighted by atomic mass is 32.2. The van der Waals surface area contributed by atoms with E-state index in [4.69, 9.17) is 9.47 Å². The Kier molecular flexibility index (Phi) is 6.12. The van der Waals surface area contributed by atoms with E-state index < -0.39 is 10.8 Å². The summed E-state index contributed by atoms with van der Waals surface area (Å²) in [5.74, 6) is 0.646. The van der Waals surface area contributed by atoms with Gasteiger partial charge in [-0.25, -0.2) is 0 Å². The molecule has 32 heavy (non-hydrogen) atoms. The topological polar surface area (TPSA) is 67.9 Å². The van der Waals surface area contributed by atoms with Crippen LogP contribution in [0.15, 0.2) is 42.5 Å². The number of carbonyl (C=O) groups excluding carboxylic acids is 2. The van der Waals surface area contributed by atoms with E-state index in [1.54, 1.807) is 23.8 Å². The Hall–Kier alpha value is -2.67. The summed E-state index contributed by atoms with van der Waals surface area (Å²) in [5, 5.41) is 2.94. The van der Waals surface area contributed by atoms with Crippen LogP contribution in [0.25, 0.3) is 0 Å². The highest BCUT2D eigenvalue weighted by Gasteiger charge is 2.58. The van der Waals surface area contributed by atoms with Gasteiger partial charge in [-0.2, -0.15) is 0 Å². The molecule has 7 heteroatoms. The first-order chi connectivity index (χ1) is 15.3. The minimum Gasteiger partial charge on any atom is -0.493 e. The fourth-order valence-corrected chi connectivity index (χ4v) is 6.26. The Morgan fingerprint density at radius 3 is 2.53 bits per heavy atom. The number of nitrogens with one attached hydrogen (secondary N) is 1. The molecular weight excluding hydrogens is 424 g/mol. The van der Waals surface area contributed by atoms with Crippen molar-refractivity contribution in [1.82, 2.24) is 10.2 Å². The number of aryl methyl sites for hydroxylation is 1. The molecule has 0 saturated carbocycles. The van der Waals surface area contributed by atoms with E-state index in [0.717, 1.165) is 18.4 Å². The van der Waals surface area contributed by atoms with E-state index in [1.165, 1.54) is 12.7 Å². The summed E-state index contributed by atoms with van der Waals surface area (Å²) in [5.41, 5.74) is 2.62. The van der Waals surface area contributed by atoms with Crippen LogP contribution in [0.2, 0.25) is 0 Å². The quantitative estimate of drug-likeness (QED) is 0.680. The second-order valence-corrected chi connectivity index (χ2v) is 10.6. The summed E-state index contributed by atoms with van der Waals surface area (Å²) in [6.45, 7) is 6.08. The van der Waals surface area contributed by atoms with Gasteiger partial charge in [0.15, 0.2) is 11.5 Å². The maximum absolute atomic E-state index is 13.5. The Morgan fingerprint density at radius 1 is 1.16 bits per heavy atom. The summed E-state index contributed by atoms with van der Waals surface area (Å²) in [6, 6.07) is 13.4. The van der Waals surface area contributed by atoms with E-state index in [-0.39, 0.29) is 23.2 Å². The summed E-state index contributed by atoms with van der Waals surface area (Å²) in [7, 11) is 3.08. The van der Waals surface area contributed by atoms with E-state index >= 15 is 0 Å². The van der Waals surface area contributed by atoms with Gasteiger partial charge in [-0.1, -0.05) is 36.4 Å². The molecule has 4 rings (SSSR count). The summed E-state index contributed by atoms with van der Waals surface area (Å²) < 4.78 is 10.5. The molecule has 0 aromatic heterocycles. The van der Waals surface area contributed by atoms with Crippen LogP contribution >= 0.6 is 11.8 Å². The van der Waals surface area contributed by atoms with Crippen LogP contribution in [0.1, 0.15) is 54.1 Å². The highest BCUT2D eigenvalue weighted by molar-refractivity contribution is 8.01. The zero-order valence-electron chi connectivity index (χ0n) is 19.2. The lowest BCUT2D eigenvalue weighted by molar-refractivity contribution is -0.126. The third kappa shape index (κ3) is 3.83. The molecule has 2 aliphatic rings. The number of methoxy groups -OCH3 is 2. The maximum Gasteiger partial charge on any atom is 0.260 e. The predicted octanol–water partition coefficient (Wildman–Crippen LogP) is 4.19. The number of fused-ring (bicyclic) bond motifs is 3. The van der Waals surface area contributed by atoms with Gasteiger partial charge in [0, 0.05) is 16.4 Å². The molecule has 2 aliphatic heterocycles. The van der Waals surface area contributed by atoms with Gasteiger partial charge in [-0.15, -0.1) is 11.8 Å². The molecule has 1 N–H and O–H groups in total. The van der Waals surface area contributed by atoms with E-state index in [2.05, 4.69) is 17.4 Å². The molecular formula is C25H30N2O4S. The van der Waals surface area contributed by atoms with Crippen LogP contribution in [-0.4, -0.2) is 47.8 Å². The van der Waals surface area contributed by atoms with Gasteiger partial charge < -0.3 is 19.7 Å². The number of ether oxygens (including phenoxy) is 2. The molecule has 0 aliphatic carbocycles. The lowest BCUT2D eigenvalue weighted by Gasteiger charge is -2.30. The van der Waals surface area contributed by atoms with E-state index in [9.17, 15) is 9.59 Å². The summed E-state index contributed by atoms with van der Waals surface area (Å²) in [4.78, 5) is 28.7. The standard InChI is InChI=1S/C25H30N2O4S/c1-15(11-12-16-9-7-6-8-10-16)26-22(28)21-25(2,3)32-24-17-13-14-18(30-4)20(31-5)19(17)23(29)27(21)24/h6-10,13-15,21,24H,11-12H2,1-5H3,(H,26,28)/t15-,21-,24-/m0/s1. The van der Waals surface area contributed by atoms with Crippen LogP contribution < -0.4 is 14.8 Å².